The molecule has 5 saturated carbocycles. The number of ketones is 1. The lowest BCUT2D eigenvalue weighted by molar-refractivity contribution is -0.131. The molecule has 0 radical (unpaired) electrons. The maximum absolute atomic E-state index is 12.4. The van der Waals surface area contributed by atoms with Crippen molar-refractivity contribution in [2.45, 2.75) is 164 Å². The first kappa shape index (κ1) is 68.0. The Kier molecular flexibility index (Phi) is 24.0. The lowest BCUT2D eigenvalue weighted by atomic mass is 9.75. The summed E-state index contributed by atoms with van der Waals surface area (Å²) in [6.45, 7) is 5.92. The number of alkyl halides is 2. The highest BCUT2D eigenvalue weighted by Crippen LogP contribution is 2.43. The fraction of sp³-hybridized carbons (Fsp3) is 0.603. The maximum Gasteiger partial charge on any atom is 0.242 e. The first-order chi connectivity index (χ1) is 43.5. The molecule has 11 atom stereocenters. The SMILES string of the molecule is CN1C(=O)Cc2ccccc21.CN1CC2CCC1CC2.CN1CC2CCC1CC2=O.CN1CC2CCC1CC2N(C(=O)CCl)c1ccccc1.CN1CC2CCC1CC2N1C(=O)Cc2ccccc21.CN1CC2CCC1CC2Nc1ccccc1.O=C(Cl)CCl. The van der Waals surface area contributed by atoms with Crippen LogP contribution >= 0.6 is 34.8 Å². The number of para-hydroxylation sites is 4. The number of fused-ring (bicyclic) bond motifs is 17. The van der Waals surface area contributed by atoms with Crippen molar-refractivity contribution in [3.8, 4) is 0 Å². The number of hydrogen-bond acceptors (Lipinski definition) is 11. The zero-order valence-electron chi connectivity index (χ0n) is 54.3. The van der Waals surface area contributed by atoms with Gasteiger partial charge in [0.1, 0.15) is 11.7 Å². The van der Waals surface area contributed by atoms with Gasteiger partial charge in [-0.05, 0) is 214 Å². The zero-order valence-corrected chi connectivity index (χ0v) is 56.6. The number of amides is 3. The maximum atomic E-state index is 12.4. The molecule has 10 bridgehead atoms. The molecule has 0 spiro atoms. The number of carbonyl (C=O) groups excluding carboxylic acids is 5. The first-order valence-corrected chi connectivity index (χ1v) is 35.2. The Balaban J connectivity index is 0.000000119. The molecule has 12 aliphatic heterocycles. The van der Waals surface area contributed by atoms with Crippen molar-refractivity contribution >= 4 is 86.3 Å². The minimum absolute atomic E-state index is 0.0260. The van der Waals surface area contributed by atoms with Crippen LogP contribution in [-0.2, 0) is 36.8 Å². The van der Waals surface area contributed by atoms with Crippen LogP contribution in [0.15, 0.2) is 109 Å². The molecule has 12 heterocycles. The molecule has 4 aromatic carbocycles. The second-order valence-corrected chi connectivity index (χ2v) is 28.9. The highest BCUT2D eigenvalue weighted by Gasteiger charge is 2.46. The molecule has 14 nitrogen and oxygen atoms in total. The second-order valence-electron chi connectivity index (χ2n) is 28.0. The molecule has 17 aliphatic rings. The van der Waals surface area contributed by atoms with E-state index in [0.717, 1.165) is 86.2 Å². The zero-order chi connectivity index (χ0) is 63.6. The summed E-state index contributed by atoms with van der Waals surface area (Å²) in [5.41, 5.74) is 6.84. The average molecular weight is 1290 g/mol. The van der Waals surface area contributed by atoms with Crippen LogP contribution in [0.1, 0.15) is 114 Å². The lowest BCUT2D eigenvalue weighted by Gasteiger charge is -2.51. The van der Waals surface area contributed by atoms with Gasteiger partial charge in [0.05, 0.1) is 18.7 Å². The van der Waals surface area contributed by atoms with Crippen molar-refractivity contribution in [3.63, 3.8) is 0 Å². The van der Waals surface area contributed by atoms with Gasteiger partial charge in [-0.25, -0.2) is 0 Å². The van der Waals surface area contributed by atoms with Crippen LogP contribution in [0.25, 0.3) is 0 Å². The minimum Gasteiger partial charge on any atom is -0.382 e. The van der Waals surface area contributed by atoms with Crippen molar-refractivity contribution < 1.29 is 24.0 Å². The number of carbonyl (C=O) groups is 5. The molecule has 3 amide bonds. The number of rotatable bonds is 7. The third-order valence-corrected chi connectivity index (χ3v) is 23.1. The van der Waals surface area contributed by atoms with Gasteiger partial charge in [-0.3, -0.25) is 24.0 Å². The van der Waals surface area contributed by atoms with Gasteiger partial charge in [-0.2, -0.15) is 0 Å². The van der Waals surface area contributed by atoms with E-state index in [0.29, 0.717) is 78.5 Å². The van der Waals surface area contributed by atoms with E-state index in [1.807, 2.05) is 72.6 Å². The fourth-order valence-corrected chi connectivity index (χ4v) is 17.3. The number of piperidine rings is 10. The molecule has 488 valence electrons. The number of likely N-dealkylation sites (N-methyl/N-ethyl adjacent to an activating group) is 1. The van der Waals surface area contributed by atoms with Gasteiger partial charge in [0.15, 0.2) is 0 Å². The van der Waals surface area contributed by atoms with Gasteiger partial charge in [0.2, 0.25) is 23.0 Å². The summed E-state index contributed by atoms with van der Waals surface area (Å²) < 4.78 is 0. The van der Waals surface area contributed by atoms with Crippen molar-refractivity contribution in [1.82, 2.24) is 24.5 Å². The van der Waals surface area contributed by atoms with Crippen molar-refractivity contribution in [3.05, 3.63) is 120 Å². The molecule has 17 heteroatoms. The molecule has 11 unspecified atom stereocenters. The van der Waals surface area contributed by atoms with E-state index in [4.69, 9.17) is 34.8 Å². The van der Waals surface area contributed by atoms with Gasteiger partial charge in [0, 0.05) is 123 Å². The molecule has 1 N–H and O–H groups in total. The van der Waals surface area contributed by atoms with E-state index in [9.17, 15) is 24.0 Å². The quantitative estimate of drug-likeness (QED) is 0.141. The van der Waals surface area contributed by atoms with Crippen LogP contribution in [0, 0.1) is 29.6 Å². The Morgan fingerprint density at radius 2 is 1.00 bits per heavy atom. The third kappa shape index (κ3) is 16.7. The molecular formula is C73H100Cl3N9O5. The van der Waals surface area contributed by atoms with Gasteiger partial charge >= 0.3 is 0 Å². The van der Waals surface area contributed by atoms with E-state index >= 15 is 0 Å². The number of benzene rings is 4. The van der Waals surface area contributed by atoms with Crippen molar-refractivity contribution in [2.75, 3.05) is 107 Å². The molecule has 0 aromatic heterocycles. The van der Waals surface area contributed by atoms with Crippen LogP contribution in [0.4, 0.5) is 22.7 Å². The van der Waals surface area contributed by atoms with E-state index in [1.165, 1.54) is 107 Å². The molecule has 90 heavy (non-hydrogen) atoms. The molecule has 15 fully saturated rings. The van der Waals surface area contributed by atoms with E-state index in [1.54, 1.807) is 4.90 Å². The minimum atomic E-state index is -0.508. The number of Topliss-reactive ketones (excluding diaryl/α,β-unsaturated/α-hetero) is 1. The molecular weight excluding hydrogens is 1190 g/mol. The summed E-state index contributed by atoms with van der Waals surface area (Å²) in [5.74, 6) is 4.49. The van der Waals surface area contributed by atoms with E-state index < -0.39 is 5.24 Å². The van der Waals surface area contributed by atoms with Crippen molar-refractivity contribution in [2.24, 2.45) is 29.6 Å². The lowest BCUT2D eigenvalue weighted by Crippen LogP contribution is -2.59. The first-order valence-electron chi connectivity index (χ1n) is 33.7. The Morgan fingerprint density at radius 3 is 1.47 bits per heavy atom. The molecule has 4 aromatic rings. The standard InChI is InChI=1S/C16H21ClN2O.C16H20N2O.C14H20N2.C9H9NO.C8H13NO.C8H15N.C2H2Cl2O/c1-18-11-12-7-8-14(18)9-15(12)19(16(20)10-17)13-5-3-2-4-6-13;1-17-10-12-6-7-13(17)9-15(12)18-14-5-3-2-4-11(14)8-16(18)19;1-16-10-11-7-8-13(16)9-14(11)15-12-5-3-2-4-6-12;1-10-8-5-3-2-4-7(8)6-9(10)11;1-9-5-6-2-3-7(9)4-8(6)10;1-9-6-7-2-4-8(9)5-3-7;3-1-2(4)5/h2-6,12,14-15H,7-11H2,1H3;2-5,12-13,15H,6-10H2,1H3;2-6,11,13-15H,7-10H2,1H3;2-5H,6H2,1H3;6-7H,2-5H2,1H3;7-8H,2-6H2,1H3;1H2. The van der Waals surface area contributed by atoms with Gasteiger partial charge in [0.25, 0.3) is 0 Å². The molecule has 21 rings (SSSR count). The predicted molar refractivity (Wildman–Crippen MR) is 367 cm³/mol. The van der Waals surface area contributed by atoms with Crippen LogP contribution in [0.3, 0.4) is 0 Å². The largest absolute Gasteiger partial charge is 0.382 e. The summed E-state index contributed by atoms with van der Waals surface area (Å²) >= 11 is 15.4. The van der Waals surface area contributed by atoms with Crippen LogP contribution in [0.2, 0.25) is 0 Å². The summed E-state index contributed by atoms with van der Waals surface area (Å²) in [7, 11) is 12.9. The van der Waals surface area contributed by atoms with E-state index in [-0.39, 0.29) is 23.6 Å². The third-order valence-electron chi connectivity index (χ3n) is 22.4. The summed E-state index contributed by atoms with van der Waals surface area (Å²) in [4.78, 5) is 74.6. The smallest absolute Gasteiger partial charge is 0.242 e. The topological polar surface area (TPSA) is 123 Å². The molecule has 10 saturated heterocycles. The van der Waals surface area contributed by atoms with Gasteiger partial charge in [-0.1, -0.05) is 72.8 Å². The fourth-order valence-electron chi connectivity index (χ4n) is 17.2. The van der Waals surface area contributed by atoms with Crippen molar-refractivity contribution in [1.29, 1.82) is 0 Å². The van der Waals surface area contributed by atoms with Gasteiger partial charge < -0.3 is 44.5 Å². The number of nitrogens with zero attached hydrogens (tertiary/aromatic N) is 8. The Hall–Kier alpha value is -4.90. The van der Waals surface area contributed by atoms with E-state index in [2.05, 4.69) is 118 Å². The van der Waals surface area contributed by atoms with Crippen LogP contribution in [0.5, 0.6) is 0 Å². The number of halogens is 3. The highest BCUT2D eigenvalue weighted by molar-refractivity contribution is 6.67. The van der Waals surface area contributed by atoms with Crippen LogP contribution in [-0.4, -0.2) is 188 Å². The Labute approximate surface area is 552 Å². The summed E-state index contributed by atoms with van der Waals surface area (Å²) in [6.07, 6.45) is 21.7. The van der Waals surface area contributed by atoms with Gasteiger partial charge in [-0.15, -0.1) is 23.2 Å². The second kappa shape index (κ2) is 31.8. The Morgan fingerprint density at radius 1 is 0.500 bits per heavy atom. The Bertz CT molecular complexity index is 3030. The normalized spacial score (nSPS) is 30.9. The average Bonchev–Trinajstić information content (AvgIpc) is 1.76. The summed E-state index contributed by atoms with van der Waals surface area (Å²) in [6, 6.07) is 41.9. The highest BCUT2D eigenvalue weighted by atomic mass is 35.5. The molecule has 5 aliphatic carbocycles. The number of hydrogen-bond donors (Lipinski definition) is 1. The predicted octanol–water partition coefficient (Wildman–Crippen LogP) is 11.7. The monoisotopic (exact) mass is 1290 g/mol. The number of anilines is 4. The summed E-state index contributed by atoms with van der Waals surface area (Å²) in [5, 5.41) is 3.20. The number of nitrogens with one attached hydrogen (secondary N) is 1. The van der Waals surface area contributed by atoms with Crippen LogP contribution < -0.4 is 20.0 Å².